The van der Waals surface area contributed by atoms with Crippen molar-refractivity contribution in [2.75, 3.05) is 19.6 Å². The first-order valence-electron chi connectivity index (χ1n) is 7.64. The zero-order valence-electron chi connectivity index (χ0n) is 13.8. The molecule has 0 spiro atoms. The molecule has 2 unspecified atom stereocenters. The fourth-order valence-corrected chi connectivity index (χ4v) is 5.66. The van der Waals surface area contributed by atoms with E-state index in [2.05, 4.69) is 11.6 Å². The largest absolute Gasteiger partial charge is 0.351 e. The molecule has 1 aromatic heterocycles. The number of aromatic amines is 1. The molecule has 8 nitrogen and oxygen atoms in total. The summed E-state index contributed by atoms with van der Waals surface area (Å²) in [4.78, 5) is 25.9. The first-order chi connectivity index (χ1) is 12.1. The van der Waals surface area contributed by atoms with Crippen LogP contribution in [0.4, 0.5) is 0 Å². The van der Waals surface area contributed by atoms with Crippen LogP contribution in [-0.4, -0.2) is 41.3 Å². The fraction of sp³-hybridized carbons (Fsp3) is 0.571. The van der Waals surface area contributed by atoms with Gasteiger partial charge in [-0.05, 0) is 21.0 Å². The van der Waals surface area contributed by atoms with Crippen LogP contribution in [0.3, 0.4) is 0 Å². The third-order valence-electron chi connectivity index (χ3n) is 3.67. The lowest BCUT2D eigenvalue weighted by molar-refractivity contribution is -0.0994. The van der Waals surface area contributed by atoms with Crippen LogP contribution < -0.4 is 11.2 Å². The summed E-state index contributed by atoms with van der Waals surface area (Å²) in [6, 6.07) is 0. The van der Waals surface area contributed by atoms with Crippen LogP contribution in [0.2, 0.25) is 0 Å². The maximum Gasteiger partial charge on any atom is 0.330 e. The maximum absolute atomic E-state index is 12.1. The molecule has 0 bridgehead atoms. The average Bonchev–Trinajstić information content (AvgIpc) is 2.98. The molecule has 0 amide bonds. The van der Waals surface area contributed by atoms with Crippen molar-refractivity contribution in [3.05, 3.63) is 45.3 Å². The molecule has 0 saturated carbocycles. The van der Waals surface area contributed by atoms with E-state index in [4.69, 9.17) is 14.2 Å². The van der Waals surface area contributed by atoms with E-state index in [1.807, 2.05) is 0 Å². The molecule has 1 aliphatic rings. The maximum atomic E-state index is 12.1. The molecule has 1 fully saturated rings. The van der Waals surface area contributed by atoms with E-state index in [0.717, 1.165) is 0 Å². The molecule has 1 aromatic rings. The Morgan fingerprint density at radius 1 is 1.56 bits per heavy atom. The van der Waals surface area contributed by atoms with Gasteiger partial charge in [0, 0.05) is 18.2 Å². The summed E-state index contributed by atoms with van der Waals surface area (Å²) < 4.78 is 29.0. The summed E-state index contributed by atoms with van der Waals surface area (Å²) in [7, 11) is 0.966. The molecule has 2 heterocycles. The monoisotopic (exact) mass is 406 g/mol. The summed E-state index contributed by atoms with van der Waals surface area (Å²) >= 11 is 0. The molecule has 0 aromatic carbocycles. The van der Waals surface area contributed by atoms with Crippen molar-refractivity contribution < 1.29 is 18.8 Å². The Hall–Kier alpha value is -0.740. The van der Waals surface area contributed by atoms with Crippen molar-refractivity contribution in [2.24, 2.45) is 0 Å². The number of aryl methyl sites for hydroxylation is 1. The number of ether oxygens (including phenoxy) is 3. The Balaban J connectivity index is 2.09. The van der Waals surface area contributed by atoms with Crippen LogP contribution in [0.1, 0.15) is 18.2 Å². The van der Waals surface area contributed by atoms with E-state index < -0.39 is 17.5 Å². The molecule has 1 saturated heterocycles. The summed E-state index contributed by atoms with van der Waals surface area (Å²) in [5.41, 5.74) is -0.476. The van der Waals surface area contributed by atoms with Gasteiger partial charge in [-0.1, -0.05) is 14.3 Å². The molecule has 0 aliphatic carbocycles. The Morgan fingerprint density at radius 2 is 2.36 bits per heavy atom. The van der Waals surface area contributed by atoms with Crippen LogP contribution >= 0.6 is 24.4 Å². The average molecular weight is 406 g/mol. The van der Waals surface area contributed by atoms with Crippen molar-refractivity contribution >= 4 is 24.4 Å². The summed E-state index contributed by atoms with van der Waals surface area (Å²) in [5.74, 6) is 0. The van der Waals surface area contributed by atoms with Gasteiger partial charge in [-0.15, -0.1) is 6.58 Å². The van der Waals surface area contributed by atoms with Crippen molar-refractivity contribution in [1.29, 1.82) is 0 Å². The van der Waals surface area contributed by atoms with Crippen LogP contribution in [0.25, 0.3) is 0 Å². The van der Waals surface area contributed by atoms with Gasteiger partial charge in [0.2, 0.25) is 0 Å². The molecule has 0 radical (unpaired) electrons. The quantitative estimate of drug-likeness (QED) is 0.277. The Kier molecular flexibility index (Phi) is 8.57. The van der Waals surface area contributed by atoms with E-state index in [0.29, 0.717) is 41.0 Å². The molecule has 25 heavy (non-hydrogen) atoms. The van der Waals surface area contributed by atoms with Crippen molar-refractivity contribution in [1.82, 2.24) is 9.55 Å². The first-order valence-corrected chi connectivity index (χ1v) is 12.5. The van der Waals surface area contributed by atoms with E-state index in [9.17, 15) is 14.2 Å². The van der Waals surface area contributed by atoms with Crippen LogP contribution in [-0.2, 0) is 18.8 Å². The lowest BCUT2D eigenvalue weighted by Gasteiger charge is -2.18. The van der Waals surface area contributed by atoms with Crippen molar-refractivity contribution in [2.45, 2.75) is 31.8 Å². The minimum atomic E-state index is -0.518. The van der Waals surface area contributed by atoms with E-state index in [1.165, 1.54) is 10.8 Å². The third-order valence-corrected chi connectivity index (χ3v) is 8.13. The smallest absolute Gasteiger partial charge is 0.330 e. The van der Waals surface area contributed by atoms with Crippen LogP contribution in [0.5, 0.6) is 0 Å². The Morgan fingerprint density at radius 3 is 3.08 bits per heavy atom. The number of nitrogens with one attached hydrogen (secondary N) is 1. The summed E-state index contributed by atoms with van der Waals surface area (Å²) in [5, 5.41) is 0. The van der Waals surface area contributed by atoms with Crippen molar-refractivity contribution in [3.63, 3.8) is 0 Å². The van der Waals surface area contributed by atoms with Gasteiger partial charge in [-0.3, -0.25) is 18.9 Å². The van der Waals surface area contributed by atoms with Gasteiger partial charge in [-0.25, -0.2) is 4.79 Å². The minimum absolute atomic E-state index is 0.105. The van der Waals surface area contributed by atoms with Gasteiger partial charge in [0.1, 0.15) is 13.0 Å². The van der Waals surface area contributed by atoms with Gasteiger partial charge in [-0.2, -0.15) is 0 Å². The molecular weight excluding hydrogens is 385 g/mol. The van der Waals surface area contributed by atoms with Gasteiger partial charge in [0.25, 0.3) is 5.56 Å². The predicted molar refractivity (Wildman–Crippen MR) is 99.6 cm³/mol. The van der Waals surface area contributed by atoms with E-state index in [-0.39, 0.29) is 27.1 Å². The first kappa shape index (κ1) is 20.6. The van der Waals surface area contributed by atoms with Crippen LogP contribution in [0.15, 0.2) is 28.4 Å². The Bertz CT molecular complexity index is 707. The number of hydrogen-bond donors (Lipinski definition) is 1. The molecule has 138 valence electrons. The minimum Gasteiger partial charge on any atom is -0.351 e. The lowest BCUT2D eigenvalue weighted by Crippen LogP contribution is -2.33. The SMILES string of the molecule is C=CCOCO[C@@H]1C[C@H](n2cc(C)c(=O)[nH]c2=O)O[C@@H]1CPPP=O. The van der Waals surface area contributed by atoms with Gasteiger partial charge < -0.3 is 14.2 Å². The number of aromatic nitrogens is 2. The molecule has 1 aliphatic heterocycles. The topological polar surface area (TPSA) is 99.6 Å². The molecule has 5 atom stereocenters. The zero-order chi connectivity index (χ0) is 18.2. The second-order valence-electron chi connectivity index (χ2n) is 5.41. The normalized spacial score (nSPS) is 24.1. The molecule has 1 N–H and O–H groups in total. The second kappa shape index (κ2) is 10.4. The fourth-order valence-electron chi connectivity index (χ4n) is 2.48. The molecule has 2 rings (SSSR count). The lowest BCUT2D eigenvalue weighted by atomic mass is 10.2. The van der Waals surface area contributed by atoms with Gasteiger partial charge >= 0.3 is 5.69 Å². The van der Waals surface area contributed by atoms with Gasteiger partial charge in [0.15, 0.2) is 8.15 Å². The summed E-state index contributed by atoms with van der Waals surface area (Å²) in [6.45, 7) is 5.70. The standard InChI is InChI=1S/C14H21N2O6P3/c1-3-4-20-8-21-10-5-12(22-11(10)7-23-25-24-19)16-6-9(2)13(17)15-14(16)18/h3,6,10-12,23,25H,1,4-5,7-8H2,2H3,(H,15,17,18)/t10-,11-,12-/m1/s1. The zero-order valence-corrected chi connectivity index (χ0v) is 16.7. The number of nitrogens with zero attached hydrogens (tertiary/aromatic N) is 1. The van der Waals surface area contributed by atoms with E-state index >= 15 is 0 Å². The summed E-state index contributed by atoms with van der Waals surface area (Å²) in [6.07, 6.45) is 3.32. The highest BCUT2D eigenvalue weighted by atomic mass is 32.4. The highest BCUT2D eigenvalue weighted by molar-refractivity contribution is 8.40. The van der Waals surface area contributed by atoms with Gasteiger partial charge in [0.05, 0.1) is 18.8 Å². The van der Waals surface area contributed by atoms with Crippen molar-refractivity contribution in [3.8, 4) is 0 Å². The second-order valence-corrected chi connectivity index (χ2v) is 10.9. The molecular formula is C14H21N2O6P3. The van der Waals surface area contributed by atoms with Crippen LogP contribution in [0, 0.1) is 6.92 Å². The predicted octanol–water partition coefficient (Wildman–Crippen LogP) is 2.16. The third kappa shape index (κ3) is 5.89. The number of H-pyrrole nitrogens is 1. The molecule has 11 heteroatoms. The highest BCUT2D eigenvalue weighted by Crippen LogP contribution is 2.48. The Labute approximate surface area is 149 Å². The number of rotatable bonds is 10. The van der Waals surface area contributed by atoms with E-state index in [1.54, 1.807) is 13.0 Å². The highest BCUT2D eigenvalue weighted by Gasteiger charge is 2.37. The number of hydrogen-bond acceptors (Lipinski definition) is 6.